The maximum absolute atomic E-state index is 13.3. The zero-order valence-electron chi connectivity index (χ0n) is 16.0. The number of aromatic nitrogens is 2. The van der Waals surface area contributed by atoms with Crippen molar-refractivity contribution in [2.24, 2.45) is 0 Å². The van der Waals surface area contributed by atoms with Crippen LogP contribution in [-0.2, 0) is 16.2 Å². The molecular formula is C17H25F3N4O4S. The van der Waals surface area contributed by atoms with E-state index in [1.807, 2.05) is 0 Å². The van der Waals surface area contributed by atoms with Gasteiger partial charge in [0.1, 0.15) is 11.7 Å². The van der Waals surface area contributed by atoms with Gasteiger partial charge in [0.05, 0.1) is 12.4 Å². The van der Waals surface area contributed by atoms with E-state index in [2.05, 4.69) is 15.3 Å². The number of aliphatic hydroxyl groups is 1. The van der Waals surface area contributed by atoms with Gasteiger partial charge >= 0.3 is 6.18 Å². The van der Waals surface area contributed by atoms with Crippen molar-refractivity contribution in [3.05, 3.63) is 11.8 Å². The normalized spacial score (nSPS) is 25.0. The number of sulfonamides is 1. The predicted molar refractivity (Wildman–Crippen MR) is 99.0 cm³/mol. The molecule has 1 aromatic heterocycles. The molecule has 0 bridgehead atoms. The average molecular weight is 438 g/mol. The molecule has 164 valence electrons. The molecule has 1 aromatic rings. The molecule has 3 rings (SSSR count). The van der Waals surface area contributed by atoms with Gasteiger partial charge in [-0.1, -0.05) is 6.42 Å². The van der Waals surface area contributed by atoms with Crippen LogP contribution in [0, 0.1) is 0 Å². The molecule has 0 aromatic carbocycles. The molecule has 0 amide bonds. The van der Waals surface area contributed by atoms with Crippen LogP contribution in [0.5, 0.6) is 5.88 Å². The van der Waals surface area contributed by atoms with E-state index in [1.54, 1.807) is 0 Å². The number of halogens is 3. The van der Waals surface area contributed by atoms with Crippen LogP contribution in [0.1, 0.15) is 44.1 Å². The number of alkyl halides is 3. The van der Waals surface area contributed by atoms with Crippen LogP contribution in [0.15, 0.2) is 6.20 Å². The Labute approximate surface area is 167 Å². The van der Waals surface area contributed by atoms with Crippen molar-refractivity contribution < 1.29 is 31.4 Å². The Hall–Kier alpha value is -1.66. The van der Waals surface area contributed by atoms with Gasteiger partial charge in [0.2, 0.25) is 21.9 Å². The van der Waals surface area contributed by atoms with Crippen LogP contribution in [0.25, 0.3) is 0 Å². The molecule has 1 aliphatic carbocycles. The fraction of sp³-hybridized carbons (Fsp3) is 0.765. The van der Waals surface area contributed by atoms with Gasteiger partial charge in [0.15, 0.2) is 0 Å². The first-order valence-electron chi connectivity index (χ1n) is 9.54. The van der Waals surface area contributed by atoms with E-state index in [4.69, 9.17) is 4.74 Å². The predicted octanol–water partition coefficient (Wildman–Crippen LogP) is 2.01. The highest BCUT2D eigenvalue weighted by molar-refractivity contribution is 7.88. The fourth-order valence-corrected chi connectivity index (χ4v) is 4.47. The largest absolute Gasteiger partial charge is 0.471 e. The number of anilines is 1. The summed E-state index contributed by atoms with van der Waals surface area (Å²) in [6.45, 7) is 0.628. The molecule has 0 radical (unpaired) electrons. The van der Waals surface area contributed by atoms with Gasteiger partial charge < -0.3 is 15.2 Å². The quantitative estimate of drug-likeness (QED) is 0.725. The number of hydrogen-bond donors (Lipinski definition) is 2. The monoisotopic (exact) mass is 438 g/mol. The molecule has 12 heteroatoms. The highest BCUT2D eigenvalue weighted by atomic mass is 32.2. The molecule has 29 heavy (non-hydrogen) atoms. The van der Waals surface area contributed by atoms with Crippen molar-refractivity contribution in [3.63, 3.8) is 0 Å². The number of rotatable bonds is 5. The number of piperidine rings is 1. The zero-order chi connectivity index (χ0) is 21.2. The van der Waals surface area contributed by atoms with E-state index >= 15 is 0 Å². The second kappa shape index (κ2) is 8.60. The van der Waals surface area contributed by atoms with Gasteiger partial charge in [0.25, 0.3) is 0 Å². The summed E-state index contributed by atoms with van der Waals surface area (Å²) >= 11 is 0. The third-order valence-corrected chi connectivity index (χ3v) is 6.55. The molecule has 2 atom stereocenters. The molecule has 2 aliphatic rings. The molecule has 1 saturated carbocycles. The first kappa shape index (κ1) is 22.0. The summed E-state index contributed by atoms with van der Waals surface area (Å²) in [4.78, 5) is 7.69. The molecule has 1 saturated heterocycles. The Morgan fingerprint density at radius 3 is 2.45 bits per heavy atom. The summed E-state index contributed by atoms with van der Waals surface area (Å²) < 4.78 is 70.0. The third kappa shape index (κ3) is 5.70. The maximum Gasteiger partial charge on any atom is 0.423 e. The van der Waals surface area contributed by atoms with Crippen LogP contribution in [-0.4, -0.2) is 65.4 Å². The van der Waals surface area contributed by atoms with Gasteiger partial charge in [-0.05, 0) is 32.1 Å². The molecule has 2 unspecified atom stereocenters. The van der Waals surface area contributed by atoms with Crippen molar-refractivity contribution in [1.82, 2.24) is 14.3 Å². The number of aliphatic hydroxyl groups excluding tert-OH is 1. The van der Waals surface area contributed by atoms with Crippen molar-refractivity contribution in [2.75, 3.05) is 24.7 Å². The molecule has 1 aliphatic heterocycles. The lowest BCUT2D eigenvalue weighted by Gasteiger charge is -2.31. The molecule has 8 nitrogen and oxygen atoms in total. The minimum atomic E-state index is -4.69. The fourth-order valence-electron chi connectivity index (χ4n) is 3.59. The second-order valence-electron chi connectivity index (χ2n) is 7.50. The summed E-state index contributed by atoms with van der Waals surface area (Å²) in [6.07, 6.45) is -1.00. The summed E-state index contributed by atoms with van der Waals surface area (Å²) in [5.74, 6) is -0.620. The standard InChI is InChI=1S/C17H25F3N4O4S/c1-29(26,27)24-8-6-11(7-9-24)22-16-21-10-12(17(18,19)20)15(23-16)28-14-5-3-2-4-13(14)25/h10-11,13-14,25H,2-9H2,1H3,(H,21,22,23). The highest BCUT2D eigenvalue weighted by Crippen LogP contribution is 2.36. The summed E-state index contributed by atoms with van der Waals surface area (Å²) in [7, 11) is -3.27. The SMILES string of the molecule is CS(=O)(=O)N1CCC(Nc2ncc(C(F)(F)F)c(OC3CCCCC3O)n2)CC1. The Morgan fingerprint density at radius 2 is 1.86 bits per heavy atom. The van der Waals surface area contributed by atoms with Gasteiger partial charge in [0, 0.05) is 25.3 Å². The lowest BCUT2D eigenvalue weighted by atomic mass is 9.95. The van der Waals surface area contributed by atoms with E-state index in [9.17, 15) is 26.7 Å². The van der Waals surface area contributed by atoms with Crippen LogP contribution in [0.2, 0.25) is 0 Å². The Morgan fingerprint density at radius 1 is 1.21 bits per heavy atom. The first-order chi connectivity index (χ1) is 13.5. The van der Waals surface area contributed by atoms with Crippen molar-refractivity contribution in [2.45, 2.75) is 63.0 Å². The maximum atomic E-state index is 13.3. The van der Waals surface area contributed by atoms with E-state index in [1.165, 1.54) is 4.31 Å². The molecular weight excluding hydrogens is 413 g/mol. The molecule has 2 N–H and O–H groups in total. The number of nitrogens with zero attached hydrogens (tertiary/aromatic N) is 3. The lowest BCUT2D eigenvalue weighted by molar-refractivity contribution is -0.140. The Balaban J connectivity index is 1.73. The number of hydrogen-bond acceptors (Lipinski definition) is 7. The molecule has 2 heterocycles. The van der Waals surface area contributed by atoms with Gasteiger partial charge in [-0.3, -0.25) is 0 Å². The van der Waals surface area contributed by atoms with Crippen LogP contribution in [0.4, 0.5) is 19.1 Å². The third-order valence-electron chi connectivity index (χ3n) is 5.25. The topological polar surface area (TPSA) is 105 Å². The minimum Gasteiger partial charge on any atom is -0.471 e. The van der Waals surface area contributed by atoms with Crippen LogP contribution in [0.3, 0.4) is 0 Å². The highest BCUT2D eigenvalue weighted by Gasteiger charge is 2.38. The smallest absolute Gasteiger partial charge is 0.423 e. The van der Waals surface area contributed by atoms with E-state index in [-0.39, 0.29) is 12.0 Å². The molecule has 2 fully saturated rings. The van der Waals surface area contributed by atoms with Gasteiger partial charge in [-0.15, -0.1) is 0 Å². The Kier molecular flexibility index (Phi) is 6.54. The second-order valence-corrected chi connectivity index (χ2v) is 9.48. The summed E-state index contributed by atoms with van der Waals surface area (Å²) in [5.41, 5.74) is -1.09. The van der Waals surface area contributed by atoms with Crippen LogP contribution >= 0.6 is 0 Å². The minimum absolute atomic E-state index is 0.0175. The van der Waals surface area contributed by atoms with Crippen molar-refractivity contribution in [3.8, 4) is 5.88 Å². The summed E-state index contributed by atoms with van der Waals surface area (Å²) in [6, 6.07) is -0.169. The van der Waals surface area contributed by atoms with E-state index in [0.29, 0.717) is 45.0 Å². The van der Waals surface area contributed by atoms with Gasteiger partial charge in [-0.25, -0.2) is 17.7 Å². The van der Waals surface area contributed by atoms with E-state index in [0.717, 1.165) is 19.1 Å². The van der Waals surface area contributed by atoms with Crippen molar-refractivity contribution in [1.29, 1.82) is 0 Å². The molecule has 0 spiro atoms. The van der Waals surface area contributed by atoms with Crippen molar-refractivity contribution >= 4 is 16.0 Å². The summed E-state index contributed by atoms with van der Waals surface area (Å²) in [5, 5.41) is 13.0. The number of ether oxygens (including phenoxy) is 1. The van der Waals surface area contributed by atoms with Gasteiger partial charge in [-0.2, -0.15) is 18.2 Å². The average Bonchev–Trinajstić information content (AvgIpc) is 2.62. The van der Waals surface area contributed by atoms with E-state index < -0.39 is 39.9 Å². The number of nitrogens with one attached hydrogen (secondary N) is 1. The zero-order valence-corrected chi connectivity index (χ0v) is 16.8. The van der Waals surface area contributed by atoms with Crippen LogP contribution < -0.4 is 10.1 Å². The lowest BCUT2D eigenvalue weighted by Crippen LogP contribution is -2.42. The Bertz CT molecular complexity index is 813. The first-order valence-corrected chi connectivity index (χ1v) is 11.4.